The third-order valence-corrected chi connectivity index (χ3v) is 27.5. The van der Waals surface area contributed by atoms with Gasteiger partial charge in [0.25, 0.3) is 0 Å². The van der Waals surface area contributed by atoms with Gasteiger partial charge in [-0.3, -0.25) is 20.5 Å². The van der Waals surface area contributed by atoms with Gasteiger partial charge in [-0.2, -0.15) is 10.2 Å². The topological polar surface area (TPSA) is 361 Å². The summed E-state index contributed by atoms with van der Waals surface area (Å²) in [5.74, 6) is 0. The van der Waals surface area contributed by atoms with E-state index in [1.165, 1.54) is 33.4 Å². The molecule has 5 aromatic carbocycles. The number of hydrogen-bond acceptors (Lipinski definition) is 18. The second-order valence-electron chi connectivity index (χ2n) is 36.8. The van der Waals surface area contributed by atoms with Crippen molar-refractivity contribution in [1.82, 2.24) is 44.9 Å². The van der Waals surface area contributed by atoms with Crippen molar-refractivity contribution in [2.24, 2.45) is 27.2 Å². The molecule has 24 heteroatoms. The first-order valence-electron chi connectivity index (χ1n) is 49.9. The summed E-state index contributed by atoms with van der Waals surface area (Å²) >= 11 is 3.41. The van der Waals surface area contributed by atoms with Gasteiger partial charge in [-0.15, -0.1) is 11.4 Å². The molecule has 0 bridgehead atoms. The molecule has 3 saturated heterocycles. The van der Waals surface area contributed by atoms with Gasteiger partial charge in [0, 0.05) is 98.8 Å². The summed E-state index contributed by atoms with van der Waals surface area (Å²) in [6, 6.07) is 59.6. The van der Waals surface area contributed by atoms with E-state index in [0.717, 1.165) is 289 Å². The number of aromatic amines is 1. The molecule has 142 heavy (non-hydrogen) atoms. The van der Waals surface area contributed by atoms with E-state index in [0.29, 0.717) is 52.5 Å². The molecule has 0 aliphatic carbocycles. The minimum Gasteiger partial charge on any atom is -0.697 e. The van der Waals surface area contributed by atoms with Crippen molar-refractivity contribution >= 4 is 55.9 Å². The number of pyridine rings is 5. The molecule has 15 rings (SSSR count). The number of nitrogens with two attached hydrogens (primary N) is 3. The van der Waals surface area contributed by atoms with E-state index in [2.05, 4.69) is 202 Å². The first kappa shape index (κ1) is 110. The van der Waals surface area contributed by atoms with Crippen LogP contribution in [0.2, 0.25) is 0 Å². The van der Waals surface area contributed by atoms with Crippen LogP contribution in [-0.2, 0) is 48.1 Å². The van der Waals surface area contributed by atoms with E-state index in [1.54, 1.807) is 13.8 Å². The molecule has 0 radical (unpaired) electrons. The first-order valence-corrected chi connectivity index (χ1v) is 50.7. The van der Waals surface area contributed by atoms with E-state index < -0.39 is 0 Å². The Morgan fingerprint density at radius 1 is 0.415 bits per heavy atom. The van der Waals surface area contributed by atoms with Crippen molar-refractivity contribution in [2.75, 3.05) is 19.8 Å². The predicted molar refractivity (Wildman–Crippen MR) is 588 cm³/mol. The van der Waals surface area contributed by atoms with Gasteiger partial charge in [0.15, 0.2) is 6.23 Å². The van der Waals surface area contributed by atoms with E-state index in [4.69, 9.17) is 94.1 Å². The molecule has 10 heterocycles. The molecule has 0 saturated carbocycles. The second kappa shape index (κ2) is 51.4. The molecule has 7 aromatic heterocycles. The van der Waals surface area contributed by atoms with Gasteiger partial charge >= 0.3 is 21.1 Å². The summed E-state index contributed by atoms with van der Waals surface area (Å²) in [5, 5.41) is 37.6. The molecule has 3 atom stereocenters. The summed E-state index contributed by atoms with van der Waals surface area (Å²) in [4.78, 5) is 34.3. The zero-order valence-electron chi connectivity index (χ0n) is 86.5. The molecule has 3 unspecified atom stereocenters. The van der Waals surface area contributed by atoms with E-state index in [9.17, 15) is 0 Å². The summed E-state index contributed by atoms with van der Waals surface area (Å²) in [6.45, 7) is 43.1. The summed E-state index contributed by atoms with van der Waals surface area (Å²) < 4.78 is 20.9. The number of nitrogens with one attached hydrogen (secondary N) is 6. The minimum atomic E-state index is -0.138. The van der Waals surface area contributed by atoms with Crippen LogP contribution in [-0.4, -0.2) is 106 Å². The maximum atomic E-state index is 8.68. The van der Waals surface area contributed by atoms with Crippen LogP contribution < -0.4 is 17.2 Å². The van der Waals surface area contributed by atoms with Crippen molar-refractivity contribution in [3.05, 3.63) is 321 Å². The molecule has 0 spiro atoms. The Balaban J connectivity index is 0.000000186. The van der Waals surface area contributed by atoms with Gasteiger partial charge in [0.2, 0.25) is 0 Å². The van der Waals surface area contributed by atoms with Crippen LogP contribution in [0.1, 0.15) is 263 Å². The fourth-order valence-corrected chi connectivity index (χ4v) is 18.5. The third kappa shape index (κ3) is 26.6. The largest absolute Gasteiger partial charge is 2.00 e. The molecular weight excluding hydrogens is 2010 g/mol. The number of aromatic nitrogens is 9. The molecular formula is C118H142BrN19O3Pt. The number of aryl methyl sites for hydroxylation is 8. The number of hydrogen-bond donors (Lipinski definition) is 7. The van der Waals surface area contributed by atoms with Crippen molar-refractivity contribution in [3.63, 3.8) is 0 Å². The van der Waals surface area contributed by atoms with E-state index in [-0.39, 0.29) is 51.1 Å². The van der Waals surface area contributed by atoms with Crippen molar-refractivity contribution in [3.8, 4) is 90.1 Å². The summed E-state index contributed by atoms with van der Waals surface area (Å²) in [7, 11) is 0. The first-order chi connectivity index (χ1) is 67.7. The van der Waals surface area contributed by atoms with Gasteiger partial charge < -0.3 is 53.7 Å². The Hall–Kier alpha value is -12.6. The number of H-pyrrole nitrogens is 1. The minimum absolute atomic E-state index is 0. The molecule has 12 N–H and O–H groups in total. The fourth-order valence-electron chi connectivity index (χ4n) is 18.1. The normalized spacial score (nSPS) is 15.9. The Labute approximate surface area is 864 Å². The van der Waals surface area contributed by atoms with E-state index in [1.807, 2.05) is 134 Å². The van der Waals surface area contributed by atoms with Crippen LogP contribution in [0.25, 0.3) is 113 Å². The molecule has 3 aliphatic rings. The predicted octanol–water partition coefficient (Wildman–Crippen LogP) is 29.4. The van der Waals surface area contributed by atoms with Crippen LogP contribution >= 0.6 is 15.9 Å². The molecule has 22 nitrogen and oxygen atoms in total. The monoisotopic (exact) mass is 2150 g/mol. The number of halogens is 1. The average molecular weight is 2150 g/mol. The number of allylic oxidation sites excluding steroid dienone is 8. The standard InChI is InChI=1S/C41H51N5O2.C31H35N5.C30H34N6.C16H22BrN3O.Pt/c1-7-34(42)28(5)40(44-38-19-9-11-21-47-38)31-16-13-15-30(24-31)32-25-33(27(4)23-26(32)3)36-17-14-18-37(43-36)41-29(6)35(8-2)45-46(41)39-20-10-12-22-48-39;1-7-26(32)20(5)30(33)23-12-9-11-22(16-23)24-17-25(19(4)15-18(24)3)28-13-10-14-29(34-28)31-21(6)27(8-2)35-36-31;1-7-23(31)19(5)29(33)27-13-9-11-25(35-27)21-16-22(18(4)15-17(21)3)26-12-10-14-28(36-26)30(34)20(6)24(32)8-2;1-3-12(18)11(2)16(13-7-6-8-14(17)19-13)20-15-9-4-5-10-21-15;/h13-18,23-25,38-39H,7-12,19-22,42H2,1-6H3;9-17,33H,7-8,32H2,1-6H3,(H,35,36);9-16,31-34H,7-8H2,1-6H3;6-8,15H,3-5,9-10,18H2,1-2H3;/q;;-2;;+2/b;;29-19-,30-20-,31-23?,32-24?;;. The van der Waals surface area contributed by atoms with Crippen LogP contribution in [0, 0.1) is 71.6 Å². The van der Waals surface area contributed by atoms with Gasteiger partial charge in [-0.25, -0.2) is 29.6 Å². The van der Waals surface area contributed by atoms with Gasteiger partial charge in [-0.1, -0.05) is 133 Å². The van der Waals surface area contributed by atoms with Crippen LogP contribution in [0.15, 0.2) is 235 Å². The molecule has 0 amide bonds. The number of rotatable bonds is 28. The van der Waals surface area contributed by atoms with Crippen molar-refractivity contribution in [2.45, 2.75) is 260 Å². The third-order valence-electron chi connectivity index (χ3n) is 27.0. The van der Waals surface area contributed by atoms with Gasteiger partial charge in [0.05, 0.1) is 68.4 Å². The molecule has 12 aromatic rings. The smallest absolute Gasteiger partial charge is 0.697 e. The molecule has 3 fully saturated rings. The second-order valence-corrected chi connectivity index (χ2v) is 37.6. The number of aliphatic imine (C=N–C) groups is 2. The summed E-state index contributed by atoms with van der Waals surface area (Å²) in [6.07, 6.45) is 14.6. The zero-order chi connectivity index (χ0) is 102. The van der Waals surface area contributed by atoms with Gasteiger partial charge in [0.1, 0.15) is 22.8 Å². The molecule has 3 aliphatic heterocycles. The molecule has 744 valence electrons. The van der Waals surface area contributed by atoms with Crippen LogP contribution in [0.4, 0.5) is 0 Å². The number of nitrogens with zero attached hydrogens (tertiary/aromatic N) is 10. The number of ether oxygens (including phenoxy) is 3. The Morgan fingerprint density at radius 2 is 0.817 bits per heavy atom. The maximum absolute atomic E-state index is 8.68. The quantitative estimate of drug-likeness (QED) is 0.0177. The fraction of sp³-hybridized carbons (Fsp3) is 0.356. The van der Waals surface area contributed by atoms with E-state index >= 15 is 0 Å². The number of benzene rings is 5. The Kier molecular flexibility index (Phi) is 39.7. The maximum Gasteiger partial charge on any atom is 2.00 e. The Bertz CT molecular complexity index is 6700. The van der Waals surface area contributed by atoms with Crippen molar-refractivity contribution < 1.29 is 35.3 Å². The SMILES string of the molecule is CCC(=N)/C(C)=C(\[NH-])c1cccc(-c2cc(-c3cccc(/C([NH-])=C(\C)C(=N)CC)n3)c(C)cc2C)n1.CCC(N)=C(C)C(=N)c1cccc(-c2cc(-c3cccc(-c4n[nH]c(CC)c4C)n3)c(C)cc2C)c1.CCC(N)=C(C)C(=NC1CCCCO1)c1cccc(-c2cc(-c3cccc(-c4c(C)c(CC)nn4C4CCCCO4)n3)c(C)cc2C)c1.CCC(N)=C(C)C(=NC1CCCCO1)c1cccc(Br)n1.[Pt+2]. The summed E-state index contributed by atoms with van der Waals surface area (Å²) in [5.41, 5.74) is 77.1. The Morgan fingerprint density at radius 3 is 1.27 bits per heavy atom. The van der Waals surface area contributed by atoms with Crippen LogP contribution in [0.5, 0.6) is 0 Å². The average Bonchev–Trinajstić information content (AvgIpc) is 1.60. The van der Waals surface area contributed by atoms with Crippen molar-refractivity contribution in [1.29, 1.82) is 16.2 Å². The van der Waals surface area contributed by atoms with Crippen LogP contribution in [0.3, 0.4) is 0 Å². The zero-order valence-corrected chi connectivity index (χ0v) is 90.4. The van der Waals surface area contributed by atoms with Gasteiger partial charge in [-0.05, 0) is 394 Å².